The summed E-state index contributed by atoms with van der Waals surface area (Å²) in [7, 11) is 0. The van der Waals surface area contributed by atoms with Gasteiger partial charge in [-0.05, 0) is 60.0 Å². The second kappa shape index (κ2) is 6.69. The normalized spacial score (nSPS) is 10.0. The van der Waals surface area contributed by atoms with Crippen LogP contribution in [-0.4, -0.2) is 0 Å². The predicted octanol–water partition coefficient (Wildman–Crippen LogP) is 5.85. The third-order valence-corrected chi connectivity index (χ3v) is 3.78. The van der Waals surface area contributed by atoms with Gasteiger partial charge in [-0.1, -0.05) is 53.8 Å². The first-order valence-electron chi connectivity index (χ1n) is 7.26. The van der Waals surface area contributed by atoms with Gasteiger partial charge in [0.15, 0.2) is 0 Å². The quantitative estimate of drug-likeness (QED) is 0.493. The van der Waals surface area contributed by atoms with Crippen LogP contribution in [-0.2, 0) is 0 Å². The SMILES string of the molecule is Cc1ccc(C#Cc2ccc(-c3ccc(Cl)cc3)cc2)c(F)c1. The molecule has 112 valence electrons. The molecule has 0 unspecified atom stereocenters. The van der Waals surface area contributed by atoms with Gasteiger partial charge in [-0.2, -0.15) is 0 Å². The molecule has 0 bridgehead atoms. The van der Waals surface area contributed by atoms with Crippen LogP contribution in [0.15, 0.2) is 66.7 Å². The van der Waals surface area contributed by atoms with Gasteiger partial charge >= 0.3 is 0 Å². The molecule has 2 heteroatoms. The Morgan fingerprint density at radius 2 is 1.39 bits per heavy atom. The average Bonchev–Trinajstić information content (AvgIpc) is 2.55. The molecule has 0 fully saturated rings. The summed E-state index contributed by atoms with van der Waals surface area (Å²) < 4.78 is 13.8. The van der Waals surface area contributed by atoms with E-state index < -0.39 is 0 Å². The highest BCUT2D eigenvalue weighted by atomic mass is 35.5. The van der Waals surface area contributed by atoms with Crippen LogP contribution in [0.2, 0.25) is 5.02 Å². The maximum atomic E-state index is 13.8. The molecule has 0 heterocycles. The predicted molar refractivity (Wildman–Crippen MR) is 94.0 cm³/mol. The summed E-state index contributed by atoms with van der Waals surface area (Å²) in [6.45, 7) is 1.86. The molecule has 0 aromatic heterocycles. The van der Waals surface area contributed by atoms with E-state index in [-0.39, 0.29) is 5.82 Å². The lowest BCUT2D eigenvalue weighted by Gasteiger charge is -2.02. The summed E-state index contributed by atoms with van der Waals surface area (Å²) in [5.74, 6) is 5.60. The minimum absolute atomic E-state index is 0.282. The van der Waals surface area contributed by atoms with E-state index in [9.17, 15) is 4.39 Å². The average molecular weight is 321 g/mol. The van der Waals surface area contributed by atoms with Crippen molar-refractivity contribution in [3.63, 3.8) is 0 Å². The zero-order chi connectivity index (χ0) is 16.2. The molecule has 0 N–H and O–H groups in total. The van der Waals surface area contributed by atoms with Crippen molar-refractivity contribution < 1.29 is 4.39 Å². The van der Waals surface area contributed by atoms with Crippen molar-refractivity contribution in [1.29, 1.82) is 0 Å². The summed E-state index contributed by atoms with van der Waals surface area (Å²) >= 11 is 5.90. The fraction of sp³-hybridized carbons (Fsp3) is 0.0476. The van der Waals surface area contributed by atoms with E-state index in [2.05, 4.69) is 11.8 Å². The van der Waals surface area contributed by atoms with E-state index in [1.54, 1.807) is 6.07 Å². The molecule has 3 aromatic carbocycles. The molecule has 0 amide bonds. The second-order valence-electron chi connectivity index (χ2n) is 5.32. The minimum Gasteiger partial charge on any atom is -0.206 e. The molecular weight excluding hydrogens is 307 g/mol. The highest BCUT2D eigenvalue weighted by Gasteiger charge is 1.99. The second-order valence-corrected chi connectivity index (χ2v) is 5.75. The Balaban J connectivity index is 1.83. The van der Waals surface area contributed by atoms with Crippen molar-refractivity contribution in [2.24, 2.45) is 0 Å². The van der Waals surface area contributed by atoms with Gasteiger partial charge in [-0.15, -0.1) is 0 Å². The summed E-state index contributed by atoms with van der Waals surface area (Å²) in [6, 6.07) is 20.6. The van der Waals surface area contributed by atoms with Gasteiger partial charge in [-0.25, -0.2) is 4.39 Å². The van der Waals surface area contributed by atoms with Crippen molar-refractivity contribution in [2.45, 2.75) is 6.92 Å². The largest absolute Gasteiger partial charge is 0.206 e. The first kappa shape index (κ1) is 15.3. The lowest BCUT2D eigenvalue weighted by molar-refractivity contribution is 0.623. The zero-order valence-electron chi connectivity index (χ0n) is 12.6. The highest BCUT2D eigenvalue weighted by Crippen LogP contribution is 2.21. The zero-order valence-corrected chi connectivity index (χ0v) is 13.4. The van der Waals surface area contributed by atoms with Gasteiger partial charge in [-0.3, -0.25) is 0 Å². The number of hydrogen-bond acceptors (Lipinski definition) is 0. The van der Waals surface area contributed by atoms with E-state index in [0.717, 1.165) is 27.3 Å². The number of benzene rings is 3. The van der Waals surface area contributed by atoms with Crippen LogP contribution >= 0.6 is 11.6 Å². The van der Waals surface area contributed by atoms with Crippen LogP contribution in [0, 0.1) is 24.6 Å². The molecule has 0 atom stereocenters. The minimum atomic E-state index is -0.282. The van der Waals surface area contributed by atoms with Crippen molar-refractivity contribution in [1.82, 2.24) is 0 Å². The van der Waals surface area contributed by atoms with Crippen LogP contribution in [0.5, 0.6) is 0 Å². The smallest absolute Gasteiger partial charge is 0.139 e. The highest BCUT2D eigenvalue weighted by molar-refractivity contribution is 6.30. The van der Waals surface area contributed by atoms with E-state index in [1.807, 2.05) is 61.5 Å². The van der Waals surface area contributed by atoms with Crippen molar-refractivity contribution >= 4 is 11.6 Å². The van der Waals surface area contributed by atoms with Crippen molar-refractivity contribution in [3.8, 4) is 23.0 Å². The van der Waals surface area contributed by atoms with Crippen LogP contribution in [0.25, 0.3) is 11.1 Å². The van der Waals surface area contributed by atoms with Gasteiger partial charge in [0, 0.05) is 10.6 Å². The van der Waals surface area contributed by atoms with E-state index in [0.29, 0.717) is 5.56 Å². The Kier molecular flexibility index (Phi) is 4.46. The Morgan fingerprint density at radius 3 is 2.00 bits per heavy atom. The molecule has 3 rings (SSSR count). The summed E-state index contributed by atoms with van der Waals surface area (Å²) in [4.78, 5) is 0. The molecule has 0 saturated heterocycles. The number of hydrogen-bond donors (Lipinski definition) is 0. The molecule has 0 aliphatic heterocycles. The van der Waals surface area contributed by atoms with E-state index >= 15 is 0 Å². The molecular formula is C21H14ClF. The van der Waals surface area contributed by atoms with Gasteiger partial charge in [0.1, 0.15) is 5.82 Å². The maximum Gasteiger partial charge on any atom is 0.139 e. The standard InChI is InChI=1S/C21H14ClF/c1-15-2-6-19(21(23)14-15)9-5-16-3-7-17(8-4-16)18-10-12-20(22)13-11-18/h2-4,6-8,10-14H,1H3. The third kappa shape index (κ3) is 3.80. The molecule has 0 aliphatic carbocycles. The van der Waals surface area contributed by atoms with Gasteiger partial charge in [0.25, 0.3) is 0 Å². The number of aryl methyl sites for hydroxylation is 1. The number of halogens is 2. The Morgan fingerprint density at radius 1 is 0.783 bits per heavy atom. The van der Waals surface area contributed by atoms with Crippen LogP contribution < -0.4 is 0 Å². The maximum absolute atomic E-state index is 13.8. The lowest BCUT2D eigenvalue weighted by Crippen LogP contribution is -1.85. The van der Waals surface area contributed by atoms with Gasteiger partial charge < -0.3 is 0 Å². The Hall–Kier alpha value is -2.56. The first-order chi connectivity index (χ1) is 11.1. The van der Waals surface area contributed by atoms with Crippen LogP contribution in [0.4, 0.5) is 4.39 Å². The molecule has 0 spiro atoms. The Labute approximate surface area is 140 Å². The molecule has 3 aromatic rings. The van der Waals surface area contributed by atoms with Crippen LogP contribution in [0.1, 0.15) is 16.7 Å². The van der Waals surface area contributed by atoms with Crippen molar-refractivity contribution in [2.75, 3.05) is 0 Å². The van der Waals surface area contributed by atoms with Gasteiger partial charge in [0.05, 0.1) is 5.56 Å². The van der Waals surface area contributed by atoms with E-state index in [1.165, 1.54) is 6.07 Å². The molecule has 0 radical (unpaired) electrons. The molecule has 0 aliphatic rings. The summed E-state index contributed by atoms with van der Waals surface area (Å²) in [5, 5.41) is 0.719. The Bertz CT molecular complexity index is 882. The first-order valence-corrected chi connectivity index (χ1v) is 7.64. The summed E-state index contributed by atoms with van der Waals surface area (Å²) in [6.07, 6.45) is 0. The molecule has 23 heavy (non-hydrogen) atoms. The van der Waals surface area contributed by atoms with Gasteiger partial charge in [0.2, 0.25) is 0 Å². The third-order valence-electron chi connectivity index (χ3n) is 3.53. The van der Waals surface area contributed by atoms with Crippen LogP contribution in [0.3, 0.4) is 0 Å². The van der Waals surface area contributed by atoms with Crippen molar-refractivity contribution in [3.05, 3.63) is 94.3 Å². The molecule has 0 saturated carbocycles. The lowest BCUT2D eigenvalue weighted by atomic mass is 10.0. The topological polar surface area (TPSA) is 0 Å². The monoisotopic (exact) mass is 320 g/mol. The fourth-order valence-electron chi connectivity index (χ4n) is 2.25. The fourth-order valence-corrected chi connectivity index (χ4v) is 2.38. The number of rotatable bonds is 1. The summed E-state index contributed by atoms with van der Waals surface area (Å²) in [5.41, 5.74) is 4.34. The van der Waals surface area contributed by atoms with E-state index in [4.69, 9.17) is 11.6 Å². The molecule has 0 nitrogen and oxygen atoms in total.